The topological polar surface area (TPSA) is 71.2 Å². The lowest BCUT2D eigenvalue weighted by Crippen LogP contribution is -2.20. The van der Waals surface area contributed by atoms with E-state index >= 15 is 0 Å². The molecule has 2 rings (SSSR count). The SMILES string of the molecule is CCN(c1ccccc1C)c1nnc(SCC(=O)O)n1C. The van der Waals surface area contributed by atoms with Crippen LogP contribution < -0.4 is 4.90 Å². The molecule has 0 radical (unpaired) electrons. The molecule has 0 unspecified atom stereocenters. The third-order valence-corrected chi connectivity index (χ3v) is 4.11. The number of nitrogens with zero attached hydrogens (tertiary/aromatic N) is 4. The Morgan fingerprint density at radius 1 is 1.38 bits per heavy atom. The van der Waals surface area contributed by atoms with Crippen LogP contribution in [0, 0.1) is 6.92 Å². The molecule has 6 nitrogen and oxygen atoms in total. The van der Waals surface area contributed by atoms with Gasteiger partial charge in [0, 0.05) is 19.3 Å². The highest BCUT2D eigenvalue weighted by molar-refractivity contribution is 7.99. The van der Waals surface area contributed by atoms with Gasteiger partial charge >= 0.3 is 5.97 Å². The van der Waals surface area contributed by atoms with E-state index in [1.54, 1.807) is 0 Å². The maximum Gasteiger partial charge on any atom is 0.313 e. The number of aryl methyl sites for hydroxylation is 1. The molecule has 0 atom stereocenters. The lowest BCUT2D eigenvalue weighted by molar-refractivity contribution is -0.133. The second kappa shape index (κ2) is 6.62. The van der Waals surface area contributed by atoms with Gasteiger partial charge < -0.3 is 10.0 Å². The van der Waals surface area contributed by atoms with Gasteiger partial charge in [0.2, 0.25) is 5.95 Å². The summed E-state index contributed by atoms with van der Waals surface area (Å²) in [4.78, 5) is 12.7. The summed E-state index contributed by atoms with van der Waals surface area (Å²) >= 11 is 1.17. The zero-order valence-corrected chi connectivity index (χ0v) is 13.1. The van der Waals surface area contributed by atoms with Gasteiger partial charge in [-0.1, -0.05) is 30.0 Å². The largest absolute Gasteiger partial charge is 0.481 e. The van der Waals surface area contributed by atoms with Crippen molar-refractivity contribution in [2.75, 3.05) is 17.2 Å². The van der Waals surface area contributed by atoms with E-state index in [4.69, 9.17) is 5.11 Å². The van der Waals surface area contributed by atoms with Crippen molar-refractivity contribution >= 4 is 29.4 Å². The van der Waals surface area contributed by atoms with Crippen molar-refractivity contribution in [2.24, 2.45) is 7.05 Å². The van der Waals surface area contributed by atoms with Gasteiger partial charge in [-0.15, -0.1) is 10.2 Å². The van der Waals surface area contributed by atoms with E-state index in [1.165, 1.54) is 11.8 Å². The first-order valence-electron chi connectivity index (χ1n) is 6.61. The van der Waals surface area contributed by atoms with Gasteiger partial charge in [-0.3, -0.25) is 9.36 Å². The first kappa shape index (κ1) is 15.4. The van der Waals surface area contributed by atoms with Gasteiger partial charge in [0.25, 0.3) is 0 Å². The minimum Gasteiger partial charge on any atom is -0.481 e. The Labute approximate surface area is 127 Å². The smallest absolute Gasteiger partial charge is 0.313 e. The van der Waals surface area contributed by atoms with E-state index in [2.05, 4.69) is 28.1 Å². The van der Waals surface area contributed by atoms with Gasteiger partial charge in [-0.25, -0.2) is 0 Å². The van der Waals surface area contributed by atoms with E-state index in [9.17, 15) is 4.79 Å². The highest BCUT2D eigenvalue weighted by Crippen LogP contribution is 2.28. The zero-order valence-electron chi connectivity index (χ0n) is 12.3. The molecule has 0 aliphatic rings. The summed E-state index contributed by atoms with van der Waals surface area (Å²) in [5, 5.41) is 17.6. The molecular formula is C14H18N4O2S. The van der Waals surface area contributed by atoms with Crippen molar-refractivity contribution in [3.05, 3.63) is 29.8 Å². The Balaban J connectivity index is 2.31. The lowest BCUT2D eigenvalue weighted by atomic mass is 10.2. The molecule has 0 aliphatic carbocycles. The number of thioether (sulfide) groups is 1. The predicted molar refractivity (Wildman–Crippen MR) is 83.2 cm³/mol. The van der Waals surface area contributed by atoms with Gasteiger partial charge in [0.1, 0.15) is 0 Å². The van der Waals surface area contributed by atoms with Crippen LogP contribution in [-0.4, -0.2) is 38.1 Å². The third-order valence-electron chi connectivity index (χ3n) is 3.10. The minimum absolute atomic E-state index is 0.0253. The summed E-state index contributed by atoms with van der Waals surface area (Å²) < 4.78 is 1.82. The van der Waals surface area contributed by atoms with Gasteiger partial charge in [-0.2, -0.15) is 0 Å². The van der Waals surface area contributed by atoms with E-state index < -0.39 is 5.97 Å². The van der Waals surface area contributed by atoms with Crippen LogP contribution in [-0.2, 0) is 11.8 Å². The molecule has 112 valence electrons. The van der Waals surface area contributed by atoms with E-state index in [-0.39, 0.29) is 5.75 Å². The van der Waals surface area contributed by atoms with Crippen LogP contribution in [0.3, 0.4) is 0 Å². The quantitative estimate of drug-likeness (QED) is 0.827. The standard InChI is InChI=1S/C14H18N4O2S/c1-4-18(11-8-6-5-7-10(11)2)13-15-16-14(17(13)3)21-9-12(19)20/h5-8H,4,9H2,1-3H3,(H,19,20). The van der Waals surface area contributed by atoms with Crippen molar-refractivity contribution in [1.82, 2.24) is 14.8 Å². The number of hydrogen-bond donors (Lipinski definition) is 1. The summed E-state index contributed by atoms with van der Waals surface area (Å²) in [5.41, 5.74) is 2.23. The van der Waals surface area contributed by atoms with Crippen molar-refractivity contribution in [1.29, 1.82) is 0 Å². The molecule has 1 heterocycles. The molecule has 0 aliphatic heterocycles. The fourth-order valence-electron chi connectivity index (χ4n) is 2.08. The predicted octanol–water partition coefficient (Wildman–Crippen LogP) is 2.46. The fraction of sp³-hybridized carbons (Fsp3) is 0.357. The molecular weight excluding hydrogens is 288 g/mol. The van der Waals surface area contributed by atoms with Crippen LogP contribution in [0.5, 0.6) is 0 Å². The summed E-state index contributed by atoms with van der Waals surface area (Å²) in [6, 6.07) is 8.07. The second-order valence-corrected chi connectivity index (χ2v) is 5.50. The maximum atomic E-state index is 10.7. The molecule has 0 saturated carbocycles. The number of aliphatic carboxylic acids is 1. The van der Waals surface area contributed by atoms with Crippen LogP contribution in [0.1, 0.15) is 12.5 Å². The Bertz CT molecular complexity index is 642. The summed E-state index contributed by atoms with van der Waals surface area (Å²) in [5.74, 6) is -0.182. The molecule has 0 amide bonds. The molecule has 2 aromatic rings. The van der Waals surface area contributed by atoms with Crippen molar-refractivity contribution in [3.63, 3.8) is 0 Å². The third kappa shape index (κ3) is 3.36. The van der Waals surface area contributed by atoms with E-state index in [0.717, 1.165) is 17.8 Å². The number of carboxylic acid groups (broad SMARTS) is 1. The number of rotatable bonds is 6. The molecule has 0 saturated heterocycles. The molecule has 1 aromatic heterocycles. The Morgan fingerprint density at radius 3 is 2.71 bits per heavy atom. The van der Waals surface area contributed by atoms with Crippen LogP contribution in [0.4, 0.5) is 11.6 Å². The van der Waals surface area contributed by atoms with Crippen molar-refractivity contribution in [2.45, 2.75) is 19.0 Å². The lowest BCUT2D eigenvalue weighted by Gasteiger charge is -2.23. The van der Waals surface area contributed by atoms with Crippen LogP contribution >= 0.6 is 11.8 Å². The van der Waals surface area contributed by atoms with Crippen LogP contribution in [0.15, 0.2) is 29.4 Å². The van der Waals surface area contributed by atoms with Crippen LogP contribution in [0.25, 0.3) is 0 Å². The summed E-state index contributed by atoms with van der Waals surface area (Å²) in [7, 11) is 1.85. The van der Waals surface area contributed by atoms with E-state index in [1.807, 2.05) is 36.7 Å². The summed E-state index contributed by atoms with van der Waals surface area (Å²) in [6.07, 6.45) is 0. The number of aromatic nitrogens is 3. The average molecular weight is 306 g/mol. The highest BCUT2D eigenvalue weighted by Gasteiger charge is 2.18. The molecule has 0 bridgehead atoms. The first-order valence-corrected chi connectivity index (χ1v) is 7.60. The van der Waals surface area contributed by atoms with Gasteiger partial charge in [0.05, 0.1) is 5.75 Å². The zero-order chi connectivity index (χ0) is 15.4. The van der Waals surface area contributed by atoms with Gasteiger partial charge in [0.15, 0.2) is 5.16 Å². The van der Waals surface area contributed by atoms with Crippen molar-refractivity contribution < 1.29 is 9.90 Å². The Hall–Kier alpha value is -2.02. The van der Waals surface area contributed by atoms with Crippen LogP contribution in [0.2, 0.25) is 0 Å². The van der Waals surface area contributed by atoms with E-state index in [0.29, 0.717) is 11.1 Å². The molecule has 0 fully saturated rings. The number of carboxylic acids is 1. The number of para-hydroxylation sites is 1. The maximum absolute atomic E-state index is 10.7. The van der Waals surface area contributed by atoms with Crippen molar-refractivity contribution in [3.8, 4) is 0 Å². The molecule has 7 heteroatoms. The average Bonchev–Trinajstić information content (AvgIpc) is 2.81. The molecule has 1 N–H and O–H groups in total. The second-order valence-electron chi connectivity index (χ2n) is 4.55. The Kier molecular flexibility index (Phi) is 4.85. The minimum atomic E-state index is -0.865. The number of hydrogen-bond acceptors (Lipinski definition) is 5. The fourth-order valence-corrected chi connectivity index (χ4v) is 2.71. The Morgan fingerprint density at radius 2 is 2.10 bits per heavy atom. The summed E-state index contributed by atoms with van der Waals surface area (Å²) in [6.45, 7) is 4.85. The van der Waals surface area contributed by atoms with Gasteiger partial charge in [-0.05, 0) is 25.5 Å². The highest BCUT2D eigenvalue weighted by atomic mass is 32.2. The number of carbonyl (C=O) groups is 1. The first-order chi connectivity index (χ1) is 10.0. The monoisotopic (exact) mass is 306 g/mol. The molecule has 0 spiro atoms. The number of benzene rings is 1. The number of anilines is 2. The molecule has 21 heavy (non-hydrogen) atoms. The molecule has 1 aromatic carbocycles. The normalized spacial score (nSPS) is 10.6.